The molecule has 4 heterocycles. The van der Waals surface area contributed by atoms with Crippen molar-refractivity contribution < 1.29 is 0 Å². The van der Waals surface area contributed by atoms with E-state index in [4.69, 9.17) is 9.97 Å². The van der Waals surface area contributed by atoms with Gasteiger partial charge in [0.15, 0.2) is 0 Å². The van der Waals surface area contributed by atoms with Gasteiger partial charge in [-0.05, 0) is 41.1 Å². The van der Waals surface area contributed by atoms with Gasteiger partial charge in [0.1, 0.15) is 4.83 Å². The minimum Gasteiger partial charge on any atom is -0.278 e. The van der Waals surface area contributed by atoms with E-state index in [1.807, 2.05) is 11.3 Å². The molecule has 0 bridgehead atoms. The Morgan fingerprint density at radius 2 is 1.12 bits per heavy atom. The fraction of sp³-hybridized carbons (Fsp3) is 0. The van der Waals surface area contributed by atoms with Crippen molar-refractivity contribution in [2.45, 2.75) is 0 Å². The lowest BCUT2D eigenvalue weighted by molar-refractivity contribution is 1.02. The van der Waals surface area contributed by atoms with E-state index >= 15 is 0 Å². The van der Waals surface area contributed by atoms with E-state index in [-0.39, 0.29) is 0 Å². The van der Waals surface area contributed by atoms with Crippen molar-refractivity contribution in [3.8, 4) is 17.2 Å². The van der Waals surface area contributed by atoms with E-state index in [0.29, 0.717) is 5.95 Å². The molecule has 0 saturated carbocycles. The zero-order valence-corrected chi connectivity index (χ0v) is 24.4. The van der Waals surface area contributed by atoms with Gasteiger partial charge in [-0.25, -0.2) is 9.97 Å². The summed E-state index contributed by atoms with van der Waals surface area (Å²) in [5.41, 5.74) is 4.34. The van der Waals surface area contributed by atoms with Crippen molar-refractivity contribution >= 4 is 95.7 Å². The molecule has 0 atom stereocenters. The predicted octanol–water partition coefficient (Wildman–Crippen LogP) is 11.1. The van der Waals surface area contributed by atoms with E-state index in [9.17, 15) is 0 Å². The molecule has 3 nitrogen and oxygen atoms in total. The molecule has 0 spiro atoms. The zero-order chi connectivity index (χ0) is 28.1. The number of benzene rings is 6. The van der Waals surface area contributed by atoms with Gasteiger partial charge >= 0.3 is 0 Å². The molecule has 10 aromatic rings. The maximum Gasteiger partial charge on any atom is 0.236 e. The van der Waals surface area contributed by atoms with Crippen molar-refractivity contribution in [3.05, 3.63) is 127 Å². The number of thiophene rings is 2. The van der Waals surface area contributed by atoms with Crippen LogP contribution in [0.4, 0.5) is 0 Å². The van der Waals surface area contributed by atoms with Crippen LogP contribution < -0.4 is 0 Å². The van der Waals surface area contributed by atoms with Crippen LogP contribution in [0.2, 0.25) is 0 Å². The maximum atomic E-state index is 5.48. The number of nitrogens with zero attached hydrogens (tertiary/aromatic N) is 3. The zero-order valence-electron chi connectivity index (χ0n) is 22.8. The second-order valence-corrected chi connectivity index (χ2v) is 13.1. The minimum atomic E-state index is 0.701. The van der Waals surface area contributed by atoms with Crippen LogP contribution in [-0.2, 0) is 0 Å². The molecule has 0 aliphatic heterocycles. The molecular formula is C38H21N3S2. The van der Waals surface area contributed by atoms with Crippen molar-refractivity contribution in [1.82, 2.24) is 14.5 Å². The van der Waals surface area contributed by atoms with Crippen LogP contribution in [0.1, 0.15) is 0 Å². The summed E-state index contributed by atoms with van der Waals surface area (Å²) < 4.78 is 6.10. The van der Waals surface area contributed by atoms with Crippen molar-refractivity contribution in [2.75, 3.05) is 0 Å². The highest BCUT2D eigenvalue weighted by Gasteiger charge is 2.22. The fourth-order valence-electron chi connectivity index (χ4n) is 6.83. The first-order valence-electron chi connectivity index (χ1n) is 14.3. The number of rotatable bonds is 2. The van der Waals surface area contributed by atoms with Gasteiger partial charge in [0.2, 0.25) is 5.95 Å². The largest absolute Gasteiger partial charge is 0.278 e. The average molecular weight is 584 g/mol. The second kappa shape index (κ2) is 8.71. The highest BCUT2D eigenvalue weighted by Crippen LogP contribution is 2.45. The van der Waals surface area contributed by atoms with E-state index in [1.165, 1.54) is 51.8 Å². The first-order chi connectivity index (χ1) is 21.3. The Morgan fingerprint density at radius 3 is 1.98 bits per heavy atom. The first-order valence-corrected chi connectivity index (χ1v) is 16.0. The minimum absolute atomic E-state index is 0.701. The van der Waals surface area contributed by atoms with E-state index in [1.54, 1.807) is 11.3 Å². The molecule has 0 N–H and O–H groups in total. The lowest BCUT2D eigenvalue weighted by atomic mass is 9.99. The molecule has 0 fully saturated rings. The van der Waals surface area contributed by atoms with Gasteiger partial charge in [0.25, 0.3) is 0 Å². The molecule has 0 aliphatic rings. The third-order valence-electron chi connectivity index (χ3n) is 8.65. The summed E-state index contributed by atoms with van der Waals surface area (Å²) in [6.07, 6.45) is 0. The Morgan fingerprint density at radius 1 is 0.442 bits per heavy atom. The van der Waals surface area contributed by atoms with Crippen LogP contribution in [0.5, 0.6) is 0 Å². The number of aromatic nitrogens is 3. The Kier molecular flexibility index (Phi) is 4.75. The molecule has 10 rings (SSSR count). The SMILES string of the molecule is c1ccc2c(-c3nc(-n4c5ccccc5c5c6c(ccc54)sc4ccccc46)nc4sc5ccccc5c34)cccc2c1. The molecular weight excluding hydrogens is 563 g/mol. The summed E-state index contributed by atoms with van der Waals surface area (Å²) >= 11 is 3.60. The Bertz CT molecular complexity index is 2740. The number of hydrogen-bond donors (Lipinski definition) is 0. The lowest BCUT2D eigenvalue weighted by Gasteiger charge is -2.12. The van der Waals surface area contributed by atoms with Crippen molar-refractivity contribution in [1.29, 1.82) is 0 Å². The summed E-state index contributed by atoms with van der Waals surface area (Å²) in [6.45, 7) is 0. The molecule has 0 saturated heterocycles. The molecule has 0 aliphatic carbocycles. The van der Waals surface area contributed by atoms with E-state index < -0.39 is 0 Å². The van der Waals surface area contributed by atoms with Crippen LogP contribution in [0.25, 0.3) is 90.3 Å². The quantitative estimate of drug-likeness (QED) is 0.203. The summed E-state index contributed by atoms with van der Waals surface area (Å²) in [6, 6.07) is 45.6. The number of para-hydroxylation sites is 1. The van der Waals surface area contributed by atoms with Crippen LogP contribution in [0.3, 0.4) is 0 Å². The van der Waals surface area contributed by atoms with Crippen LogP contribution in [-0.4, -0.2) is 14.5 Å². The topological polar surface area (TPSA) is 30.7 Å². The van der Waals surface area contributed by atoms with Crippen molar-refractivity contribution in [3.63, 3.8) is 0 Å². The molecule has 4 aromatic heterocycles. The third-order valence-corrected chi connectivity index (χ3v) is 10.8. The number of fused-ring (bicyclic) bond motifs is 11. The number of hydrogen-bond acceptors (Lipinski definition) is 4. The normalized spacial score (nSPS) is 12.2. The summed E-state index contributed by atoms with van der Waals surface area (Å²) in [5, 5.41) is 9.81. The molecule has 43 heavy (non-hydrogen) atoms. The molecule has 200 valence electrons. The van der Waals surface area contributed by atoms with E-state index in [0.717, 1.165) is 32.5 Å². The maximum absolute atomic E-state index is 5.48. The monoisotopic (exact) mass is 583 g/mol. The van der Waals surface area contributed by atoms with Gasteiger partial charge in [0.05, 0.1) is 16.7 Å². The molecule has 0 amide bonds. The highest BCUT2D eigenvalue weighted by atomic mass is 32.1. The van der Waals surface area contributed by atoms with Crippen molar-refractivity contribution in [2.24, 2.45) is 0 Å². The summed E-state index contributed by atoms with van der Waals surface area (Å²) in [5.74, 6) is 0.701. The van der Waals surface area contributed by atoms with Gasteiger partial charge in [0, 0.05) is 52.0 Å². The van der Waals surface area contributed by atoms with E-state index in [2.05, 4.69) is 132 Å². The third kappa shape index (κ3) is 3.23. The molecule has 5 heteroatoms. The standard InChI is InChI=1S/C38H21N3S2/c1-2-12-23-22(10-1)11-9-16-24(23)36-35-27-15-5-8-19-31(27)43-37(35)40-38(39-36)41-28-17-6-3-13-25(28)33-29(41)20-21-32-34(33)26-14-4-7-18-30(26)42-32/h1-21H. The molecule has 0 radical (unpaired) electrons. The Balaban J connectivity index is 1.38. The fourth-order valence-corrected chi connectivity index (χ4v) is 9.01. The van der Waals surface area contributed by atoms with Gasteiger partial charge in [-0.3, -0.25) is 4.57 Å². The summed E-state index contributed by atoms with van der Waals surface area (Å²) in [4.78, 5) is 11.8. The predicted molar refractivity (Wildman–Crippen MR) is 185 cm³/mol. The van der Waals surface area contributed by atoms with Gasteiger partial charge in [-0.15, -0.1) is 22.7 Å². The van der Waals surface area contributed by atoms with Gasteiger partial charge in [-0.1, -0.05) is 97.1 Å². The summed E-state index contributed by atoms with van der Waals surface area (Å²) in [7, 11) is 0. The lowest BCUT2D eigenvalue weighted by Crippen LogP contribution is -2.02. The Hall–Kier alpha value is -5.10. The smallest absolute Gasteiger partial charge is 0.236 e. The van der Waals surface area contributed by atoms with Crippen LogP contribution >= 0.6 is 22.7 Å². The van der Waals surface area contributed by atoms with Crippen LogP contribution in [0, 0.1) is 0 Å². The molecule has 0 unspecified atom stereocenters. The Labute approximate surface area is 253 Å². The average Bonchev–Trinajstić information content (AvgIpc) is 3.73. The highest BCUT2D eigenvalue weighted by molar-refractivity contribution is 7.26. The van der Waals surface area contributed by atoms with Crippen LogP contribution in [0.15, 0.2) is 127 Å². The van der Waals surface area contributed by atoms with Gasteiger partial charge in [-0.2, -0.15) is 0 Å². The van der Waals surface area contributed by atoms with Gasteiger partial charge < -0.3 is 0 Å². The molecule has 6 aromatic carbocycles. The second-order valence-electron chi connectivity index (χ2n) is 11.0. The first kappa shape index (κ1) is 23.5.